The minimum atomic E-state index is -0.434. The fourth-order valence-electron chi connectivity index (χ4n) is 2.50. The van der Waals surface area contributed by atoms with Crippen molar-refractivity contribution in [2.24, 2.45) is 0 Å². The van der Waals surface area contributed by atoms with Gasteiger partial charge in [0.25, 0.3) is 11.8 Å². The highest BCUT2D eigenvalue weighted by Gasteiger charge is 2.34. The van der Waals surface area contributed by atoms with Gasteiger partial charge in [-0.2, -0.15) is 0 Å². The molecule has 2 amide bonds. The van der Waals surface area contributed by atoms with Crippen molar-refractivity contribution in [2.45, 2.75) is 0 Å². The number of ether oxygens (including phenoxy) is 2. The molecule has 1 fully saturated rings. The fraction of sp³-hybridized carbons (Fsp3) is 0.0588. The van der Waals surface area contributed by atoms with Crippen LogP contribution in [-0.4, -0.2) is 18.6 Å². The lowest BCUT2D eigenvalue weighted by Gasteiger charge is -2.14. The third-order valence-corrected chi connectivity index (χ3v) is 4.40. The third-order valence-electron chi connectivity index (χ3n) is 3.68. The Kier molecular flexibility index (Phi) is 3.64. The van der Waals surface area contributed by atoms with E-state index in [1.165, 1.54) is 5.01 Å². The number of nitrogens with one attached hydrogen (secondary N) is 1. The van der Waals surface area contributed by atoms with Crippen LogP contribution in [0.2, 0.25) is 0 Å². The lowest BCUT2D eigenvalue weighted by Crippen LogP contribution is -2.35. The van der Waals surface area contributed by atoms with E-state index in [4.69, 9.17) is 9.47 Å². The normalized spacial score (nSPS) is 17.5. The van der Waals surface area contributed by atoms with Crippen molar-refractivity contribution in [1.29, 1.82) is 0 Å². The molecule has 120 valence electrons. The van der Waals surface area contributed by atoms with Gasteiger partial charge in [-0.15, -0.1) is 0 Å². The Balaban J connectivity index is 1.65. The zero-order valence-electron chi connectivity index (χ0n) is 12.3. The van der Waals surface area contributed by atoms with Gasteiger partial charge in [-0.3, -0.25) is 15.0 Å². The Bertz CT molecular complexity index is 877. The first-order valence-electron chi connectivity index (χ1n) is 7.14. The number of benzene rings is 2. The zero-order chi connectivity index (χ0) is 16.7. The molecule has 2 aromatic carbocycles. The first-order chi connectivity index (χ1) is 11.6. The van der Waals surface area contributed by atoms with E-state index in [-0.39, 0.29) is 18.3 Å². The van der Waals surface area contributed by atoms with Crippen molar-refractivity contribution >= 4 is 46.2 Å². The van der Waals surface area contributed by atoms with Crippen LogP contribution in [0.25, 0.3) is 6.08 Å². The number of hydrazine groups is 1. The molecule has 2 aliphatic heterocycles. The second-order valence-corrected chi connectivity index (χ2v) is 6.47. The molecule has 1 N–H and O–H groups in total. The number of hydrogen-bond acceptors (Lipinski definition) is 4. The van der Waals surface area contributed by atoms with Crippen LogP contribution < -0.4 is 19.9 Å². The number of rotatable bonds is 2. The number of carbonyl (C=O) groups is 2. The number of hydrogen-bond donors (Lipinski definition) is 1. The summed E-state index contributed by atoms with van der Waals surface area (Å²) in [5.74, 6) is 0.430. The zero-order valence-corrected chi connectivity index (χ0v) is 14.4. The maximum absolute atomic E-state index is 12.6. The van der Waals surface area contributed by atoms with Crippen LogP contribution in [0, 0.1) is 3.57 Å². The molecule has 0 aliphatic carbocycles. The summed E-state index contributed by atoms with van der Waals surface area (Å²) in [5, 5.41) is 1.25. The van der Waals surface area contributed by atoms with Crippen molar-refractivity contribution in [2.75, 3.05) is 11.8 Å². The predicted octanol–water partition coefficient (Wildman–Crippen LogP) is 2.48. The van der Waals surface area contributed by atoms with E-state index < -0.39 is 5.91 Å². The van der Waals surface area contributed by atoms with Gasteiger partial charge >= 0.3 is 0 Å². The Hall–Kier alpha value is -2.55. The van der Waals surface area contributed by atoms with Gasteiger partial charge in [0, 0.05) is 3.57 Å². The van der Waals surface area contributed by atoms with E-state index in [9.17, 15) is 9.59 Å². The quantitative estimate of drug-likeness (QED) is 0.448. The monoisotopic (exact) mass is 434 g/mol. The van der Waals surface area contributed by atoms with Crippen LogP contribution in [-0.2, 0) is 9.59 Å². The Morgan fingerprint density at radius 3 is 2.58 bits per heavy atom. The maximum Gasteiger partial charge on any atom is 0.282 e. The second kappa shape index (κ2) is 5.82. The van der Waals surface area contributed by atoms with Crippen molar-refractivity contribution in [3.05, 3.63) is 57.2 Å². The smallest absolute Gasteiger partial charge is 0.282 e. The molecule has 0 unspecified atom stereocenters. The Morgan fingerprint density at radius 2 is 1.79 bits per heavy atom. The highest BCUT2D eigenvalue weighted by atomic mass is 127. The Morgan fingerprint density at radius 1 is 1.04 bits per heavy atom. The molecule has 2 heterocycles. The summed E-state index contributed by atoms with van der Waals surface area (Å²) in [5.41, 5.74) is 3.97. The van der Waals surface area contributed by atoms with E-state index in [0.29, 0.717) is 22.7 Å². The average molecular weight is 434 g/mol. The SMILES string of the molecule is O=C1NN(c2ccc(I)cc2)C(=O)/C1=C\c1ccc2c(c1)OCO2. The molecule has 0 aromatic heterocycles. The molecule has 2 aromatic rings. The predicted molar refractivity (Wildman–Crippen MR) is 95.3 cm³/mol. The summed E-state index contributed by atoms with van der Waals surface area (Å²) in [4.78, 5) is 24.7. The number of carbonyl (C=O) groups excluding carboxylic acids is 2. The number of anilines is 1. The summed E-state index contributed by atoms with van der Waals surface area (Å²) in [6.07, 6.45) is 1.55. The van der Waals surface area contributed by atoms with Gasteiger partial charge in [0.05, 0.1) is 5.69 Å². The molecule has 0 saturated carbocycles. The molecule has 0 bridgehead atoms. The molecular formula is C17H11IN2O4. The lowest BCUT2D eigenvalue weighted by molar-refractivity contribution is -0.117. The number of halogens is 1. The summed E-state index contributed by atoms with van der Waals surface area (Å²) in [6, 6.07) is 12.6. The fourth-order valence-corrected chi connectivity index (χ4v) is 2.86. The van der Waals surface area contributed by atoms with E-state index >= 15 is 0 Å². The van der Waals surface area contributed by atoms with Gasteiger partial charge < -0.3 is 9.47 Å². The molecular weight excluding hydrogens is 423 g/mol. The molecule has 6 nitrogen and oxygen atoms in total. The topological polar surface area (TPSA) is 67.9 Å². The van der Waals surface area contributed by atoms with Crippen molar-refractivity contribution in [3.63, 3.8) is 0 Å². The minimum absolute atomic E-state index is 0.0763. The molecule has 1 saturated heterocycles. The van der Waals surface area contributed by atoms with Crippen LogP contribution in [0.5, 0.6) is 11.5 Å². The highest BCUT2D eigenvalue weighted by Crippen LogP contribution is 2.33. The van der Waals surface area contributed by atoms with Gasteiger partial charge in [-0.05, 0) is 70.6 Å². The van der Waals surface area contributed by atoms with Crippen molar-refractivity contribution < 1.29 is 19.1 Å². The second-order valence-electron chi connectivity index (χ2n) is 5.23. The van der Waals surface area contributed by atoms with Crippen molar-refractivity contribution in [3.8, 4) is 11.5 Å². The van der Waals surface area contributed by atoms with E-state index in [2.05, 4.69) is 28.0 Å². The van der Waals surface area contributed by atoms with Crippen LogP contribution in [0.4, 0.5) is 5.69 Å². The molecule has 0 atom stereocenters. The molecule has 2 aliphatic rings. The number of nitrogens with zero attached hydrogens (tertiary/aromatic N) is 1. The first-order valence-corrected chi connectivity index (χ1v) is 8.22. The number of amides is 2. The van der Waals surface area contributed by atoms with Crippen LogP contribution in [0.15, 0.2) is 48.0 Å². The van der Waals surface area contributed by atoms with Crippen LogP contribution >= 0.6 is 22.6 Å². The summed E-state index contributed by atoms with van der Waals surface area (Å²) in [6.45, 7) is 0.176. The molecule has 24 heavy (non-hydrogen) atoms. The maximum atomic E-state index is 12.6. The van der Waals surface area contributed by atoms with Crippen molar-refractivity contribution in [1.82, 2.24) is 5.43 Å². The summed E-state index contributed by atoms with van der Waals surface area (Å²) < 4.78 is 11.6. The third kappa shape index (κ3) is 2.60. The molecule has 0 radical (unpaired) electrons. The minimum Gasteiger partial charge on any atom is -0.454 e. The molecule has 0 spiro atoms. The highest BCUT2D eigenvalue weighted by molar-refractivity contribution is 14.1. The summed E-state index contributed by atoms with van der Waals surface area (Å²) >= 11 is 2.18. The van der Waals surface area contributed by atoms with Gasteiger partial charge in [0.15, 0.2) is 11.5 Å². The standard InChI is InChI=1S/C17H11IN2O4/c18-11-2-4-12(5-3-11)20-17(22)13(16(21)19-20)7-10-1-6-14-15(8-10)24-9-23-14/h1-8H,9H2,(H,19,21)/b13-7-. The van der Waals surface area contributed by atoms with Crippen LogP contribution in [0.1, 0.15) is 5.56 Å². The first kappa shape index (κ1) is 15.0. The van der Waals surface area contributed by atoms with Crippen LogP contribution in [0.3, 0.4) is 0 Å². The average Bonchev–Trinajstić information content (AvgIpc) is 3.15. The summed E-state index contributed by atoms with van der Waals surface area (Å²) in [7, 11) is 0. The largest absolute Gasteiger partial charge is 0.454 e. The number of fused-ring (bicyclic) bond motifs is 1. The van der Waals surface area contributed by atoms with Gasteiger partial charge in [0.1, 0.15) is 5.57 Å². The van der Waals surface area contributed by atoms with E-state index in [0.717, 1.165) is 3.57 Å². The van der Waals surface area contributed by atoms with Gasteiger partial charge in [-0.25, -0.2) is 5.01 Å². The molecule has 7 heteroatoms. The van der Waals surface area contributed by atoms with Gasteiger partial charge in [-0.1, -0.05) is 6.07 Å². The Labute approximate surface area is 151 Å². The lowest BCUT2D eigenvalue weighted by atomic mass is 10.1. The molecule has 4 rings (SSSR count). The van der Waals surface area contributed by atoms with E-state index in [1.54, 1.807) is 36.4 Å². The van der Waals surface area contributed by atoms with Gasteiger partial charge in [0.2, 0.25) is 6.79 Å². The van der Waals surface area contributed by atoms with E-state index in [1.807, 2.05) is 12.1 Å².